The van der Waals surface area contributed by atoms with Gasteiger partial charge >= 0.3 is 0 Å². The zero-order chi connectivity index (χ0) is 23.0. The van der Waals surface area contributed by atoms with Gasteiger partial charge in [0, 0.05) is 30.6 Å². The largest absolute Gasteiger partial charge is 0.451 e. The number of piperidine rings is 1. The van der Waals surface area contributed by atoms with E-state index >= 15 is 0 Å². The van der Waals surface area contributed by atoms with Crippen LogP contribution in [0.25, 0.3) is 0 Å². The number of carbonyl (C=O) groups excluding carboxylic acids is 1. The molecule has 8 heteroatoms. The third-order valence-corrected chi connectivity index (χ3v) is 7.33. The number of benzene rings is 1. The van der Waals surface area contributed by atoms with Crippen LogP contribution in [0.1, 0.15) is 56.3 Å². The van der Waals surface area contributed by atoms with E-state index in [0.717, 1.165) is 64.1 Å². The van der Waals surface area contributed by atoms with Crippen molar-refractivity contribution in [2.24, 2.45) is 5.41 Å². The quantitative estimate of drug-likeness (QED) is 0.713. The number of nitrogens with one attached hydrogen (secondary N) is 1. The summed E-state index contributed by atoms with van der Waals surface area (Å²) < 4.78 is 20.4. The van der Waals surface area contributed by atoms with Crippen molar-refractivity contribution in [1.82, 2.24) is 20.2 Å². The average molecular weight is 454 g/mol. The van der Waals surface area contributed by atoms with Crippen LogP contribution in [0, 0.1) is 11.2 Å². The van der Waals surface area contributed by atoms with Crippen LogP contribution in [0.4, 0.5) is 10.2 Å². The molecular weight excluding hydrogens is 421 g/mol. The second-order valence-electron chi connectivity index (χ2n) is 9.95. The summed E-state index contributed by atoms with van der Waals surface area (Å²) in [5, 5.41) is 3.43. The van der Waals surface area contributed by atoms with E-state index in [4.69, 9.17) is 4.74 Å². The van der Waals surface area contributed by atoms with Gasteiger partial charge in [0.15, 0.2) is 11.6 Å². The molecule has 1 aromatic heterocycles. The normalized spacial score (nSPS) is 19.8. The lowest BCUT2D eigenvalue weighted by Gasteiger charge is -2.53. The van der Waals surface area contributed by atoms with E-state index in [1.54, 1.807) is 6.20 Å². The fourth-order valence-corrected chi connectivity index (χ4v) is 5.31. The molecule has 0 atom stereocenters. The summed E-state index contributed by atoms with van der Waals surface area (Å²) in [6.07, 6.45) is 8.55. The highest BCUT2D eigenvalue weighted by Gasteiger charge is 2.45. The fraction of sp³-hybridized carbons (Fsp3) is 0.560. The van der Waals surface area contributed by atoms with Crippen molar-refractivity contribution in [3.63, 3.8) is 0 Å². The minimum absolute atomic E-state index is 0.0248. The van der Waals surface area contributed by atoms with Gasteiger partial charge in [-0.25, -0.2) is 14.4 Å². The molecule has 0 unspecified atom stereocenters. The maximum absolute atomic E-state index is 14.2. The monoisotopic (exact) mass is 453 g/mol. The summed E-state index contributed by atoms with van der Waals surface area (Å²) in [6.45, 7) is 7.96. The van der Waals surface area contributed by atoms with Crippen molar-refractivity contribution < 1.29 is 13.9 Å². The van der Waals surface area contributed by atoms with E-state index in [-0.39, 0.29) is 23.6 Å². The van der Waals surface area contributed by atoms with E-state index in [1.165, 1.54) is 24.5 Å². The van der Waals surface area contributed by atoms with Crippen molar-refractivity contribution in [3.05, 3.63) is 42.1 Å². The number of hydrogen-bond acceptors (Lipinski definition) is 6. The Hall–Kier alpha value is -2.74. The standard InChI is InChI=1S/C25H32FN5O2/c1-17(2)31(19-4-3-5-19)24(32)20-12-18(26)6-7-21(20)33-22-13-28-16-29-23(22)30-14-25(15-30)8-10-27-11-9-25/h6-7,12-13,16-17,19,27H,3-5,8-11,14-15H2,1-2H3. The van der Waals surface area contributed by atoms with E-state index in [2.05, 4.69) is 20.2 Å². The van der Waals surface area contributed by atoms with Crippen molar-refractivity contribution in [3.8, 4) is 11.5 Å². The first-order valence-electron chi connectivity index (χ1n) is 12.0. The third-order valence-electron chi connectivity index (χ3n) is 7.33. The van der Waals surface area contributed by atoms with Crippen molar-refractivity contribution in [1.29, 1.82) is 0 Å². The van der Waals surface area contributed by atoms with Gasteiger partial charge < -0.3 is 19.9 Å². The van der Waals surface area contributed by atoms with Gasteiger partial charge in [-0.3, -0.25) is 4.79 Å². The Bertz CT molecular complexity index is 1010. The summed E-state index contributed by atoms with van der Waals surface area (Å²) in [6, 6.07) is 4.36. The van der Waals surface area contributed by atoms with Gasteiger partial charge in [0.2, 0.25) is 0 Å². The fourth-order valence-electron chi connectivity index (χ4n) is 5.31. The summed E-state index contributed by atoms with van der Waals surface area (Å²) in [5.74, 6) is 0.890. The first-order valence-corrected chi connectivity index (χ1v) is 12.0. The number of carbonyl (C=O) groups is 1. The zero-order valence-electron chi connectivity index (χ0n) is 19.4. The smallest absolute Gasteiger partial charge is 0.258 e. The van der Waals surface area contributed by atoms with E-state index < -0.39 is 5.82 Å². The summed E-state index contributed by atoms with van der Waals surface area (Å²) in [7, 11) is 0. The number of hydrogen-bond donors (Lipinski definition) is 1. The molecule has 2 aliphatic heterocycles. The number of rotatable bonds is 6. The molecule has 1 N–H and O–H groups in total. The van der Waals surface area contributed by atoms with Gasteiger partial charge in [-0.1, -0.05) is 0 Å². The molecule has 3 fully saturated rings. The molecule has 1 spiro atoms. The maximum atomic E-state index is 14.2. The summed E-state index contributed by atoms with van der Waals surface area (Å²) >= 11 is 0. The predicted molar refractivity (Wildman–Crippen MR) is 124 cm³/mol. The highest BCUT2D eigenvalue weighted by atomic mass is 19.1. The molecular formula is C25H32FN5O2. The molecule has 3 aliphatic rings. The van der Waals surface area contributed by atoms with Crippen LogP contribution in [0.5, 0.6) is 11.5 Å². The Morgan fingerprint density at radius 3 is 2.67 bits per heavy atom. The minimum atomic E-state index is -0.455. The molecule has 1 amide bonds. The molecule has 7 nitrogen and oxygen atoms in total. The number of nitrogens with zero attached hydrogens (tertiary/aromatic N) is 4. The molecule has 33 heavy (non-hydrogen) atoms. The lowest BCUT2D eigenvalue weighted by atomic mass is 9.72. The molecule has 2 saturated heterocycles. The van der Waals surface area contributed by atoms with Gasteiger partial charge in [0.1, 0.15) is 17.9 Å². The van der Waals surface area contributed by atoms with Crippen LogP contribution in [-0.4, -0.2) is 59.0 Å². The molecule has 3 heterocycles. The predicted octanol–water partition coefficient (Wildman–Crippen LogP) is 4.00. The third kappa shape index (κ3) is 4.28. The molecule has 1 saturated carbocycles. The Morgan fingerprint density at radius 1 is 1.24 bits per heavy atom. The first kappa shape index (κ1) is 22.1. The number of amides is 1. The van der Waals surface area contributed by atoms with Crippen molar-refractivity contribution in [2.75, 3.05) is 31.1 Å². The maximum Gasteiger partial charge on any atom is 0.258 e. The molecule has 176 valence electrons. The molecule has 0 bridgehead atoms. The molecule has 2 aromatic rings. The number of halogens is 1. The van der Waals surface area contributed by atoms with E-state index in [0.29, 0.717) is 16.9 Å². The first-order chi connectivity index (χ1) is 16.0. The second kappa shape index (κ2) is 8.89. The van der Waals surface area contributed by atoms with Gasteiger partial charge in [-0.15, -0.1) is 0 Å². The minimum Gasteiger partial charge on any atom is -0.451 e. The van der Waals surface area contributed by atoms with E-state index in [1.807, 2.05) is 18.7 Å². The van der Waals surface area contributed by atoms with Crippen molar-refractivity contribution >= 4 is 11.7 Å². The van der Waals surface area contributed by atoms with E-state index in [9.17, 15) is 9.18 Å². The Morgan fingerprint density at radius 2 is 2.00 bits per heavy atom. The van der Waals surface area contributed by atoms with Gasteiger partial charge in [-0.2, -0.15) is 0 Å². The number of anilines is 1. The average Bonchev–Trinajstić information content (AvgIpc) is 2.76. The Kier molecular flexibility index (Phi) is 5.95. The van der Waals surface area contributed by atoms with Crippen LogP contribution >= 0.6 is 0 Å². The summed E-state index contributed by atoms with van der Waals surface area (Å²) in [4.78, 5) is 26.2. The molecule has 0 radical (unpaired) electrons. The topological polar surface area (TPSA) is 70.6 Å². The van der Waals surface area contributed by atoms with Gasteiger partial charge in [-0.05, 0) is 77.2 Å². The highest BCUT2D eigenvalue weighted by Crippen LogP contribution is 2.44. The lowest BCUT2D eigenvalue weighted by Crippen LogP contribution is -2.60. The SMILES string of the molecule is CC(C)N(C(=O)c1cc(F)ccc1Oc1cncnc1N1CC2(CCNCC2)C1)C1CCC1. The zero-order valence-corrected chi connectivity index (χ0v) is 19.4. The lowest BCUT2D eigenvalue weighted by molar-refractivity contribution is 0.0486. The van der Waals surface area contributed by atoms with Crippen LogP contribution < -0.4 is 15.0 Å². The number of aromatic nitrogens is 2. The van der Waals surface area contributed by atoms with Crippen LogP contribution in [0.3, 0.4) is 0 Å². The molecule has 1 aliphatic carbocycles. The van der Waals surface area contributed by atoms with Crippen LogP contribution in [0.15, 0.2) is 30.7 Å². The number of ether oxygens (including phenoxy) is 1. The van der Waals surface area contributed by atoms with Gasteiger partial charge in [0.05, 0.1) is 11.8 Å². The molecule has 5 rings (SSSR count). The second-order valence-corrected chi connectivity index (χ2v) is 9.95. The summed E-state index contributed by atoms with van der Waals surface area (Å²) in [5.41, 5.74) is 0.578. The Balaban J connectivity index is 1.40. The Labute approximate surface area is 194 Å². The van der Waals surface area contributed by atoms with Gasteiger partial charge in [0.25, 0.3) is 5.91 Å². The van der Waals surface area contributed by atoms with Crippen LogP contribution in [0.2, 0.25) is 0 Å². The molecule has 1 aromatic carbocycles. The highest BCUT2D eigenvalue weighted by molar-refractivity contribution is 5.97. The van der Waals surface area contributed by atoms with Crippen LogP contribution in [-0.2, 0) is 0 Å². The van der Waals surface area contributed by atoms with Crippen molar-refractivity contribution in [2.45, 2.75) is 58.0 Å².